The molecule has 0 saturated carbocycles. The average molecular weight is 262 g/mol. The van der Waals surface area contributed by atoms with Crippen LogP contribution in [0.1, 0.15) is 5.69 Å². The summed E-state index contributed by atoms with van der Waals surface area (Å²) in [5.74, 6) is 0. The molecule has 1 heterocycles. The second-order valence-corrected chi connectivity index (χ2v) is 5.62. The molecule has 0 bridgehead atoms. The zero-order valence-electron chi connectivity index (χ0n) is 6.68. The van der Waals surface area contributed by atoms with Gasteiger partial charge in [-0.3, -0.25) is 0 Å². The van der Waals surface area contributed by atoms with Gasteiger partial charge in [-0.25, -0.2) is 0 Å². The van der Waals surface area contributed by atoms with E-state index in [2.05, 4.69) is 4.37 Å². The van der Waals surface area contributed by atoms with Gasteiger partial charge < -0.3 is 10.5 Å². The molecule has 0 unspecified atom stereocenters. The average Bonchev–Trinajstić information content (AvgIpc) is 2.29. The van der Waals surface area contributed by atoms with Crippen molar-refractivity contribution in [3.05, 3.63) is 5.69 Å². The Bertz CT molecular complexity index is 297. The summed E-state index contributed by atoms with van der Waals surface area (Å²) in [6.45, 7) is 1.75. The number of hydrogen-bond donors (Lipinski definition) is 1. The van der Waals surface area contributed by atoms with E-state index in [1.165, 1.54) is 0 Å². The third-order valence-corrected chi connectivity index (χ3v) is 2.44. The molecule has 13 heavy (non-hydrogen) atoms. The monoisotopic (exact) mass is 260 g/mol. The van der Waals surface area contributed by atoms with Gasteiger partial charge in [0.25, 0.3) is 0 Å². The molecule has 3 nitrogen and oxygen atoms in total. The van der Waals surface area contributed by atoms with Crippen molar-refractivity contribution in [3.63, 3.8) is 0 Å². The smallest absolute Gasteiger partial charge is 0.224 e. The Hall–Kier alpha value is 0.1000. The minimum atomic E-state index is -1.43. The Kier molecular flexibility index (Phi) is 3.51. The van der Waals surface area contributed by atoms with E-state index in [0.29, 0.717) is 10.8 Å². The zero-order valence-corrected chi connectivity index (χ0v) is 9.77. The molecule has 2 N–H and O–H groups in total. The number of nitrogens with zero attached hydrogens (tertiary/aromatic N) is 1. The van der Waals surface area contributed by atoms with Gasteiger partial charge >= 0.3 is 0 Å². The van der Waals surface area contributed by atoms with Crippen LogP contribution in [0, 0.1) is 6.92 Å². The lowest BCUT2D eigenvalue weighted by Crippen LogP contribution is -2.15. The highest BCUT2D eigenvalue weighted by atomic mass is 35.6. The Morgan fingerprint density at radius 2 is 2.15 bits per heavy atom. The topological polar surface area (TPSA) is 48.1 Å². The van der Waals surface area contributed by atoms with Crippen LogP contribution in [0.2, 0.25) is 0 Å². The molecule has 1 aromatic heterocycles. The predicted molar refractivity (Wildman–Crippen MR) is 57.0 cm³/mol. The first-order chi connectivity index (χ1) is 5.90. The van der Waals surface area contributed by atoms with Crippen LogP contribution in [0.4, 0.5) is 5.69 Å². The number of nitrogens with two attached hydrogens (primary N) is 1. The molecule has 0 saturated heterocycles. The Morgan fingerprint density at radius 1 is 1.54 bits per heavy atom. The summed E-state index contributed by atoms with van der Waals surface area (Å²) >= 11 is 17.6. The quantitative estimate of drug-likeness (QED) is 0.833. The van der Waals surface area contributed by atoms with Crippen LogP contribution in [-0.4, -0.2) is 14.8 Å². The number of alkyl halides is 3. The Morgan fingerprint density at radius 3 is 2.54 bits per heavy atom. The summed E-state index contributed by atoms with van der Waals surface area (Å²) in [5, 5.41) is 0.490. The molecule has 1 rings (SSSR count). The van der Waals surface area contributed by atoms with Gasteiger partial charge in [-0.05, 0) is 6.92 Å². The van der Waals surface area contributed by atoms with Gasteiger partial charge in [0.2, 0.25) is 8.86 Å². The summed E-state index contributed by atoms with van der Waals surface area (Å²) in [6.07, 6.45) is 0. The molecule has 0 radical (unpaired) electrons. The number of aryl methyl sites for hydroxylation is 1. The van der Waals surface area contributed by atoms with E-state index < -0.39 is 3.79 Å². The summed E-state index contributed by atoms with van der Waals surface area (Å²) in [4.78, 5) is 0. The molecule has 7 heteroatoms. The van der Waals surface area contributed by atoms with Crippen LogP contribution in [0.3, 0.4) is 0 Å². The molecule has 1 aromatic rings. The Balaban J connectivity index is 2.60. The van der Waals surface area contributed by atoms with Crippen LogP contribution < -0.4 is 10.5 Å². The van der Waals surface area contributed by atoms with Gasteiger partial charge in [0.15, 0.2) is 0 Å². The standard InChI is InChI=1S/C6H7Cl3N2OS/c1-3-4(10)5(13-11-3)12-2-6(7,8)9/h2,10H2,1H3. The highest BCUT2D eigenvalue weighted by Crippen LogP contribution is 2.33. The van der Waals surface area contributed by atoms with Gasteiger partial charge in [0.05, 0.1) is 5.69 Å². The van der Waals surface area contributed by atoms with Gasteiger partial charge in [-0.15, -0.1) is 0 Å². The van der Waals surface area contributed by atoms with E-state index in [1.54, 1.807) is 6.92 Å². The largest absolute Gasteiger partial charge is 0.477 e. The fourth-order valence-corrected chi connectivity index (χ4v) is 1.45. The van der Waals surface area contributed by atoms with Crippen molar-refractivity contribution in [3.8, 4) is 5.06 Å². The van der Waals surface area contributed by atoms with E-state index >= 15 is 0 Å². The fraction of sp³-hybridized carbons (Fsp3) is 0.500. The molecule has 0 amide bonds. The molecule has 0 spiro atoms. The van der Waals surface area contributed by atoms with Crippen molar-refractivity contribution < 1.29 is 4.74 Å². The van der Waals surface area contributed by atoms with E-state index in [9.17, 15) is 0 Å². The third kappa shape index (κ3) is 3.38. The third-order valence-electron chi connectivity index (χ3n) is 1.24. The van der Waals surface area contributed by atoms with Crippen LogP contribution in [0.15, 0.2) is 0 Å². The minimum absolute atomic E-state index is 0.0382. The summed E-state index contributed by atoms with van der Waals surface area (Å²) in [6, 6.07) is 0. The van der Waals surface area contributed by atoms with Crippen LogP contribution in [0.25, 0.3) is 0 Å². The lowest BCUT2D eigenvalue weighted by atomic mass is 10.4. The van der Waals surface area contributed by atoms with Crippen LogP contribution >= 0.6 is 46.3 Å². The fourth-order valence-electron chi connectivity index (χ4n) is 0.607. The van der Waals surface area contributed by atoms with Gasteiger partial charge in [-0.1, -0.05) is 34.8 Å². The molecule has 0 atom stereocenters. The highest BCUT2D eigenvalue weighted by molar-refractivity contribution is 7.08. The van der Waals surface area contributed by atoms with E-state index in [1.807, 2.05) is 0 Å². The van der Waals surface area contributed by atoms with Crippen molar-refractivity contribution in [2.75, 3.05) is 12.3 Å². The van der Waals surface area contributed by atoms with Crippen molar-refractivity contribution in [1.82, 2.24) is 4.37 Å². The first-order valence-electron chi connectivity index (χ1n) is 3.31. The number of halogens is 3. The highest BCUT2D eigenvalue weighted by Gasteiger charge is 2.22. The molecular formula is C6H7Cl3N2OS. The van der Waals surface area contributed by atoms with Crippen LogP contribution in [-0.2, 0) is 0 Å². The maximum atomic E-state index is 5.63. The molecule has 0 fully saturated rings. The number of hydrogen-bond acceptors (Lipinski definition) is 4. The number of rotatable bonds is 2. The number of nitrogen functional groups attached to an aromatic ring is 1. The SMILES string of the molecule is Cc1nsc(OCC(Cl)(Cl)Cl)c1N. The van der Waals surface area contributed by atoms with Gasteiger partial charge in [0.1, 0.15) is 12.3 Å². The summed E-state index contributed by atoms with van der Waals surface area (Å²) < 4.78 is 7.71. The molecule has 0 aliphatic carbocycles. The van der Waals surface area contributed by atoms with Crippen LogP contribution in [0.5, 0.6) is 5.06 Å². The van der Waals surface area contributed by atoms with Gasteiger partial charge in [0, 0.05) is 11.5 Å². The van der Waals surface area contributed by atoms with Crippen molar-refractivity contribution >= 4 is 52.0 Å². The molecular weight excluding hydrogens is 255 g/mol. The summed E-state index contributed by atoms with van der Waals surface area (Å²) in [5.41, 5.74) is 6.85. The molecule has 0 aliphatic rings. The second-order valence-electron chi connectivity index (χ2n) is 2.37. The zero-order chi connectivity index (χ0) is 10.1. The number of ether oxygens (including phenoxy) is 1. The Labute approximate surface area is 94.9 Å². The molecule has 74 valence electrons. The van der Waals surface area contributed by atoms with Crippen molar-refractivity contribution in [2.45, 2.75) is 10.7 Å². The summed E-state index contributed by atoms with van der Waals surface area (Å²) in [7, 11) is 0. The van der Waals surface area contributed by atoms with E-state index in [4.69, 9.17) is 45.3 Å². The molecule has 0 aliphatic heterocycles. The number of aromatic nitrogens is 1. The van der Waals surface area contributed by atoms with Gasteiger partial charge in [-0.2, -0.15) is 4.37 Å². The normalized spacial score (nSPS) is 11.7. The molecule has 0 aromatic carbocycles. The number of anilines is 1. The lowest BCUT2D eigenvalue weighted by molar-refractivity contribution is 0.337. The lowest BCUT2D eigenvalue weighted by Gasteiger charge is -2.10. The van der Waals surface area contributed by atoms with Crippen molar-refractivity contribution in [1.29, 1.82) is 0 Å². The maximum Gasteiger partial charge on any atom is 0.224 e. The van der Waals surface area contributed by atoms with Crippen molar-refractivity contribution in [2.24, 2.45) is 0 Å². The predicted octanol–water partition coefficient (Wildman–Crippen LogP) is 2.78. The maximum absolute atomic E-state index is 5.63. The van der Waals surface area contributed by atoms with E-state index in [0.717, 1.165) is 17.2 Å². The minimum Gasteiger partial charge on any atom is -0.477 e. The second kappa shape index (κ2) is 4.09. The first kappa shape index (κ1) is 11.2. The first-order valence-corrected chi connectivity index (χ1v) is 5.22. The van der Waals surface area contributed by atoms with E-state index in [-0.39, 0.29) is 6.61 Å².